The third-order valence-electron chi connectivity index (χ3n) is 6.10. The second-order valence-electron chi connectivity index (χ2n) is 8.45. The van der Waals surface area contributed by atoms with E-state index in [0.29, 0.717) is 5.56 Å². The SMILES string of the molecule is NC[C@H](NC(=O)c1ccc(C#Cc2ccc(CCC3CCCCC3)cc2)cc1)C(=O)CO. The number of rotatable bonds is 8. The molecule has 0 aliphatic heterocycles. The van der Waals surface area contributed by atoms with Crippen LogP contribution in [0.4, 0.5) is 0 Å². The smallest absolute Gasteiger partial charge is 0.251 e. The monoisotopic (exact) mass is 432 g/mol. The number of ketones is 1. The zero-order valence-corrected chi connectivity index (χ0v) is 18.5. The van der Waals surface area contributed by atoms with E-state index in [9.17, 15) is 9.59 Å². The summed E-state index contributed by atoms with van der Waals surface area (Å²) in [6.45, 7) is -0.716. The van der Waals surface area contributed by atoms with E-state index in [1.54, 1.807) is 24.3 Å². The third-order valence-corrected chi connectivity index (χ3v) is 6.10. The quantitative estimate of drug-likeness (QED) is 0.559. The fraction of sp³-hybridized carbons (Fsp3) is 0.407. The molecule has 1 atom stereocenters. The Morgan fingerprint density at radius 2 is 1.56 bits per heavy atom. The van der Waals surface area contributed by atoms with Gasteiger partial charge in [0, 0.05) is 23.2 Å². The number of Topliss-reactive ketones (excluding diaryl/α,β-unsaturated/α-hetero) is 1. The largest absolute Gasteiger partial charge is 0.388 e. The van der Waals surface area contributed by atoms with Gasteiger partial charge in [-0.15, -0.1) is 0 Å². The number of benzene rings is 2. The molecule has 1 amide bonds. The van der Waals surface area contributed by atoms with Crippen molar-refractivity contribution in [2.45, 2.75) is 51.0 Å². The van der Waals surface area contributed by atoms with Gasteiger partial charge in [-0.1, -0.05) is 56.1 Å². The number of carbonyl (C=O) groups is 2. The summed E-state index contributed by atoms with van der Waals surface area (Å²) in [5.74, 6) is 6.26. The van der Waals surface area contributed by atoms with Crippen molar-refractivity contribution in [1.29, 1.82) is 0 Å². The van der Waals surface area contributed by atoms with Gasteiger partial charge in [0.05, 0.1) is 0 Å². The summed E-state index contributed by atoms with van der Waals surface area (Å²) < 4.78 is 0. The van der Waals surface area contributed by atoms with Gasteiger partial charge >= 0.3 is 0 Å². The molecule has 4 N–H and O–H groups in total. The summed E-state index contributed by atoms with van der Waals surface area (Å²) in [6.07, 6.45) is 9.38. The first kappa shape index (κ1) is 23.7. The van der Waals surface area contributed by atoms with E-state index < -0.39 is 24.3 Å². The van der Waals surface area contributed by atoms with Gasteiger partial charge in [-0.2, -0.15) is 0 Å². The van der Waals surface area contributed by atoms with Crippen LogP contribution in [0, 0.1) is 17.8 Å². The predicted octanol–water partition coefficient (Wildman–Crippen LogP) is 3.22. The standard InChI is InChI=1S/C27H32N2O3/c28-18-25(26(31)19-30)29-27(32)24-16-14-23(15-17-24)13-12-22-10-8-21(9-11-22)7-6-20-4-2-1-3-5-20/h8-11,14-17,20,25,30H,1-7,18-19,28H2,(H,29,32)/t25-/m0/s1. The van der Waals surface area contributed by atoms with E-state index >= 15 is 0 Å². The van der Waals surface area contributed by atoms with Crippen LogP contribution in [0.3, 0.4) is 0 Å². The zero-order chi connectivity index (χ0) is 22.8. The molecule has 2 aromatic carbocycles. The molecule has 0 aromatic heterocycles. The van der Waals surface area contributed by atoms with Crippen LogP contribution < -0.4 is 11.1 Å². The lowest BCUT2D eigenvalue weighted by Gasteiger charge is -2.21. The first-order valence-corrected chi connectivity index (χ1v) is 11.4. The van der Waals surface area contributed by atoms with Crippen molar-refractivity contribution in [3.8, 4) is 11.8 Å². The summed E-state index contributed by atoms with van der Waals surface area (Å²) in [5.41, 5.74) is 9.02. The Morgan fingerprint density at radius 1 is 0.969 bits per heavy atom. The predicted molar refractivity (Wildman–Crippen MR) is 126 cm³/mol. The van der Waals surface area contributed by atoms with Crippen LogP contribution in [0.5, 0.6) is 0 Å². The van der Waals surface area contributed by atoms with Crippen LogP contribution in [0.25, 0.3) is 0 Å². The van der Waals surface area contributed by atoms with Crippen molar-refractivity contribution in [2.24, 2.45) is 11.7 Å². The maximum absolute atomic E-state index is 12.3. The molecular weight excluding hydrogens is 400 g/mol. The lowest BCUT2D eigenvalue weighted by atomic mass is 9.85. The van der Waals surface area contributed by atoms with Gasteiger partial charge < -0.3 is 16.2 Å². The molecule has 0 spiro atoms. The molecule has 5 heteroatoms. The topological polar surface area (TPSA) is 92.4 Å². The summed E-state index contributed by atoms with van der Waals surface area (Å²) in [5, 5.41) is 11.5. The second-order valence-corrected chi connectivity index (χ2v) is 8.45. The number of hydrogen-bond donors (Lipinski definition) is 3. The maximum atomic E-state index is 12.3. The van der Waals surface area contributed by atoms with E-state index in [-0.39, 0.29) is 6.54 Å². The van der Waals surface area contributed by atoms with Crippen molar-refractivity contribution < 1.29 is 14.7 Å². The molecule has 3 rings (SSSR count). The Hall–Kier alpha value is -2.94. The normalized spacial score (nSPS) is 14.8. The highest BCUT2D eigenvalue weighted by atomic mass is 16.3. The van der Waals surface area contributed by atoms with Gasteiger partial charge in [-0.25, -0.2) is 0 Å². The van der Waals surface area contributed by atoms with Crippen LogP contribution in [-0.2, 0) is 11.2 Å². The van der Waals surface area contributed by atoms with E-state index in [1.165, 1.54) is 44.1 Å². The summed E-state index contributed by atoms with van der Waals surface area (Å²) in [6, 6.07) is 14.4. The molecule has 32 heavy (non-hydrogen) atoms. The van der Waals surface area contributed by atoms with Crippen molar-refractivity contribution >= 4 is 11.7 Å². The summed E-state index contributed by atoms with van der Waals surface area (Å²) in [7, 11) is 0. The maximum Gasteiger partial charge on any atom is 0.251 e. The Labute approximate surface area is 190 Å². The summed E-state index contributed by atoms with van der Waals surface area (Å²) in [4.78, 5) is 23.8. The summed E-state index contributed by atoms with van der Waals surface area (Å²) >= 11 is 0. The molecule has 0 heterocycles. The average Bonchev–Trinajstić information content (AvgIpc) is 2.85. The molecule has 2 aromatic rings. The minimum absolute atomic E-state index is 0.0614. The second kappa shape index (κ2) is 12.2. The molecule has 5 nitrogen and oxygen atoms in total. The lowest BCUT2D eigenvalue weighted by Crippen LogP contribution is -2.46. The Kier molecular flexibility index (Phi) is 9.03. The van der Waals surface area contributed by atoms with Crippen molar-refractivity contribution in [1.82, 2.24) is 5.32 Å². The minimum Gasteiger partial charge on any atom is -0.388 e. The highest BCUT2D eigenvalue weighted by molar-refractivity contribution is 5.98. The molecule has 1 fully saturated rings. The number of aliphatic hydroxyl groups is 1. The Bertz CT molecular complexity index is 949. The molecule has 0 bridgehead atoms. The highest BCUT2D eigenvalue weighted by Crippen LogP contribution is 2.27. The first-order valence-electron chi connectivity index (χ1n) is 11.4. The molecule has 1 saturated carbocycles. The number of amides is 1. The fourth-order valence-electron chi connectivity index (χ4n) is 4.07. The molecule has 0 radical (unpaired) electrons. The van der Waals surface area contributed by atoms with Crippen LogP contribution in [-0.4, -0.2) is 36.0 Å². The molecule has 168 valence electrons. The fourth-order valence-corrected chi connectivity index (χ4v) is 4.07. The van der Waals surface area contributed by atoms with Gasteiger partial charge in [-0.05, 0) is 60.7 Å². The van der Waals surface area contributed by atoms with Crippen LogP contribution in [0.2, 0.25) is 0 Å². The number of aryl methyl sites for hydroxylation is 1. The highest BCUT2D eigenvalue weighted by Gasteiger charge is 2.18. The molecule has 0 saturated heterocycles. The van der Waals surface area contributed by atoms with Gasteiger partial charge in [-0.3, -0.25) is 9.59 Å². The van der Waals surface area contributed by atoms with E-state index in [4.69, 9.17) is 10.8 Å². The van der Waals surface area contributed by atoms with Gasteiger partial charge in [0.2, 0.25) is 0 Å². The Morgan fingerprint density at radius 3 is 2.12 bits per heavy atom. The van der Waals surface area contributed by atoms with Crippen molar-refractivity contribution in [3.63, 3.8) is 0 Å². The number of nitrogens with one attached hydrogen (secondary N) is 1. The third kappa shape index (κ3) is 7.05. The van der Waals surface area contributed by atoms with E-state index in [0.717, 1.165) is 23.5 Å². The molecule has 1 aliphatic rings. The lowest BCUT2D eigenvalue weighted by molar-refractivity contribution is -0.123. The zero-order valence-electron chi connectivity index (χ0n) is 18.5. The van der Waals surface area contributed by atoms with Crippen LogP contribution in [0.15, 0.2) is 48.5 Å². The van der Waals surface area contributed by atoms with Gasteiger partial charge in [0.1, 0.15) is 12.6 Å². The van der Waals surface area contributed by atoms with Crippen LogP contribution in [0.1, 0.15) is 65.6 Å². The number of carbonyl (C=O) groups excluding carboxylic acids is 2. The van der Waals surface area contributed by atoms with Gasteiger partial charge in [0.25, 0.3) is 5.91 Å². The van der Waals surface area contributed by atoms with E-state index in [2.05, 4.69) is 41.4 Å². The minimum atomic E-state index is -0.891. The van der Waals surface area contributed by atoms with Crippen molar-refractivity contribution in [2.75, 3.05) is 13.2 Å². The van der Waals surface area contributed by atoms with E-state index in [1.807, 2.05) is 0 Å². The molecule has 1 aliphatic carbocycles. The molecule has 0 unspecified atom stereocenters. The first-order chi connectivity index (χ1) is 15.6. The number of aliphatic hydroxyl groups excluding tert-OH is 1. The Balaban J connectivity index is 1.53. The number of nitrogens with two attached hydrogens (primary N) is 1. The van der Waals surface area contributed by atoms with Crippen molar-refractivity contribution in [3.05, 3.63) is 70.8 Å². The van der Waals surface area contributed by atoms with Gasteiger partial charge in [0.15, 0.2) is 5.78 Å². The number of hydrogen-bond acceptors (Lipinski definition) is 4. The molecular formula is C27H32N2O3. The van der Waals surface area contributed by atoms with Crippen LogP contribution >= 0.6 is 0 Å². The average molecular weight is 433 g/mol.